The number of carbonyl (C=O) groups excluding carboxylic acids is 3. The van der Waals surface area contributed by atoms with Crippen LogP contribution in [0.5, 0.6) is 0 Å². The summed E-state index contributed by atoms with van der Waals surface area (Å²) in [5.74, 6) is -1.24. The van der Waals surface area contributed by atoms with E-state index in [-0.39, 0.29) is 25.2 Å². The standard InChI is InChI=1S/C43H72O6/c1-4-7-10-13-16-17-18-19-20-21-22-23-24-25-28-31-34-37-43(46)49-40(38-47-41(44)35-32-29-26-14-11-8-5-2)39-48-42(45)36-33-30-27-15-12-9-6-3/h20-25,28,31,34,37,40H,4-19,26-27,29-30,32-33,35-36,38-39H2,1-3H3. The van der Waals surface area contributed by atoms with Crippen molar-refractivity contribution in [1.82, 2.24) is 0 Å². The maximum Gasteiger partial charge on any atom is 0.331 e. The molecule has 280 valence electrons. The molecule has 0 radical (unpaired) electrons. The Morgan fingerprint density at radius 3 is 1.27 bits per heavy atom. The Bertz CT molecular complexity index is 895. The molecule has 6 nitrogen and oxygen atoms in total. The van der Waals surface area contributed by atoms with Crippen LogP contribution in [0.3, 0.4) is 0 Å². The third-order valence-corrected chi connectivity index (χ3v) is 8.23. The van der Waals surface area contributed by atoms with E-state index in [0.29, 0.717) is 12.8 Å². The number of allylic oxidation sites excluding steroid dienone is 9. The second-order valence-electron chi connectivity index (χ2n) is 13.0. The molecule has 0 fully saturated rings. The molecule has 6 heteroatoms. The molecular formula is C43H72O6. The third-order valence-electron chi connectivity index (χ3n) is 8.23. The van der Waals surface area contributed by atoms with E-state index in [1.165, 1.54) is 102 Å². The summed E-state index contributed by atoms with van der Waals surface area (Å²) in [6, 6.07) is 0. The fourth-order valence-corrected chi connectivity index (χ4v) is 5.20. The van der Waals surface area contributed by atoms with Crippen molar-refractivity contribution in [2.45, 2.75) is 181 Å². The second-order valence-corrected chi connectivity index (χ2v) is 13.0. The monoisotopic (exact) mass is 685 g/mol. The first-order valence-electron chi connectivity index (χ1n) is 19.9. The van der Waals surface area contributed by atoms with Crippen molar-refractivity contribution in [3.63, 3.8) is 0 Å². The maximum absolute atomic E-state index is 12.5. The van der Waals surface area contributed by atoms with Gasteiger partial charge in [0.15, 0.2) is 6.10 Å². The third kappa shape index (κ3) is 36.2. The Morgan fingerprint density at radius 2 is 0.816 bits per heavy atom. The van der Waals surface area contributed by atoms with E-state index in [4.69, 9.17) is 14.2 Å². The fourth-order valence-electron chi connectivity index (χ4n) is 5.20. The predicted molar refractivity (Wildman–Crippen MR) is 205 cm³/mol. The summed E-state index contributed by atoms with van der Waals surface area (Å²) >= 11 is 0. The molecule has 0 bridgehead atoms. The molecule has 0 aromatic rings. The lowest BCUT2D eigenvalue weighted by atomic mass is 10.1. The molecule has 0 spiro atoms. The Morgan fingerprint density at radius 1 is 0.449 bits per heavy atom. The molecule has 0 aromatic carbocycles. The van der Waals surface area contributed by atoms with Gasteiger partial charge in [0.05, 0.1) is 0 Å². The number of esters is 3. The number of unbranched alkanes of at least 4 members (excludes halogenated alkanes) is 19. The molecule has 0 amide bonds. The molecular weight excluding hydrogens is 612 g/mol. The first-order chi connectivity index (χ1) is 24.0. The molecule has 0 aliphatic carbocycles. The number of ether oxygens (including phenoxy) is 3. The van der Waals surface area contributed by atoms with Gasteiger partial charge in [-0.1, -0.05) is 191 Å². The van der Waals surface area contributed by atoms with Gasteiger partial charge in [-0.15, -0.1) is 0 Å². The summed E-state index contributed by atoms with van der Waals surface area (Å²) < 4.78 is 16.3. The molecule has 0 rings (SSSR count). The van der Waals surface area contributed by atoms with Gasteiger partial charge in [0, 0.05) is 18.9 Å². The largest absolute Gasteiger partial charge is 0.462 e. The molecule has 0 saturated heterocycles. The fraction of sp³-hybridized carbons (Fsp3) is 0.698. The molecule has 0 aliphatic rings. The summed E-state index contributed by atoms with van der Waals surface area (Å²) in [5.41, 5.74) is 0. The van der Waals surface area contributed by atoms with Crippen LogP contribution in [0.25, 0.3) is 0 Å². The topological polar surface area (TPSA) is 78.9 Å². The molecule has 0 atom stereocenters. The van der Waals surface area contributed by atoms with Gasteiger partial charge in [0.2, 0.25) is 0 Å². The van der Waals surface area contributed by atoms with Crippen LogP contribution >= 0.6 is 0 Å². The van der Waals surface area contributed by atoms with Crippen LogP contribution in [0.2, 0.25) is 0 Å². The van der Waals surface area contributed by atoms with Crippen molar-refractivity contribution in [2.24, 2.45) is 0 Å². The van der Waals surface area contributed by atoms with Gasteiger partial charge in [0.25, 0.3) is 0 Å². The van der Waals surface area contributed by atoms with E-state index in [0.717, 1.165) is 44.9 Å². The normalized spacial score (nSPS) is 12.1. The average Bonchev–Trinajstić information content (AvgIpc) is 3.10. The molecule has 0 unspecified atom stereocenters. The number of rotatable bonds is 34. The average molecular weight is 685 g/mol. The Hall–Kier alpha value is -2.89. The summed E-state index contributed by atoms with van der Waals surface area (Å²) in [6.07, 6.45) is 44.3. The van der Waals surface area contributed by atoms with E-state index in [2.05, 4.69) is 32.9 Å². The maximum atomic E-state index is 12.5. The van der Waals surface area contributed by atoms with Crippen LogP contribution in [0.4, 0.5) is 0 Å². The molecule has 0 saturated carbocycles. The molecule has 0 N–H and O–H groups in total. The zero-order valence-electron chi connectivity index (χ0n) is 31.7. The van der Waals surface area contributed by atoms with Crippen LogP contribution in [0, 0.1) is 0 Å². The van der Waals surface area contributed by atoms with E-state index >= 15 is 0 Å². The lowest BCUT2D eigenvalue weighted by Gasteiger charge is -2.17. The van der Waals surface area contributed by atoms with Crippen molar-refractivity contribution < 1.29 is 28.6 Å². The minimum atomic E-state index is -0.860. The van der Waals surface area contributed by atoms with Gasteiger partial charge in [0.1, 0.15) is 13.2 Å². The lowest BCUT2D eigenvalue weighted by molar-refractivity contribution is -0.163. The predicted octanol–water partition coefficient (Wildman–Crippen LogP) is 12.2. The van der Waals surface area contributed by atoms with Gasteiger partial charge < -0.3 is 14.2 Å². The summed E-state index contributed by atoms with van der Waals surface area (Å²) in [4.78, 5) is 37.1. The number of carbonyl (C=O) groups is 3. The van der Waals surface area contributed by atoms with Crippen LogP contribution < -0.4 is 0 Å². The molecule has 49 heavy (non-hydrogen) atoms. The van der Waals surface area contributed by atoms with Crippen molar-refractivity contribution >= 4 is 17.9 Å². The second kappa shape index (κ2) is 37.9. The van der Waals surface area contributed by atoms with Gasteiger partial charge in [-0.05, 0) is 25.7 Å². The minimum absolute atomic E-state index is 0.141. The van der Waals surface area contributed by atoms with Crippen molar-refractivity contribution in [3.05, 3.63) is 60.8 Å². The number of hydrogen-bond acceptors (Lipinski definition) is 6. The summed E-state index contributed by atoms with van der Waals surface area (Å²) in [5, 5.41) is 0. The SMILES string of the molecule is CCCCCCCCCC=CC=CC=CC=CC=CC(=O)OC(COC(=O)CCCCCCCCC)COC(=O)CCCCCCCCC. The minimum Gasteiger partial charge on any atom is -0.462 e. The Kier molecular flexibility index (Phi) is 35.7. The highest BCUT2D eigenvalue weighted by atomic mass is 16.6. The molecule has 0 heterocycles. The van der Waals surface area contributed by atoms with Crippen molar-refractivity contribution in [2.75, 3.05) is 13.2 Å². The van der Waals surface area contributed by atoms with E-state index in [1.807, 2.05) is 30.4 Å². The van der Waals surface area contributed by atoms with E-state index < -0.39 is 12.1 Å². The first-order valence-corrected chi connectivity index (χ1v) is 19.9. The van der Waals surface area contributed by atoms with Gasteiger partial charge in [-0.2, -0.15) is 0 Å². The van der Waals surface area contributed by atoms with Gasteiger partial charge in [-0.25, -0.2) is 4.79 Å². The Labute approximate surface area is 300 Å². The van der Waals surface area contributed by atoms with Gasteiger partial charge in [-0.3, -0.25) is 9.59 Å². The highest BCUT2D eigenvalue weighted by Crippen LogP contribution is 2.11. The molecule has 0 aliphatic heterocycles. The highest BCUT2D eigenvalue weighted by Gasteiger charge is 2.18. The van der Waals surface area contributed by atoms with Crippen LogP contribution in [0.1, 0.15) is 175 Å². The number of hydrogen-bond donors (Lipinski definition) is 0. The van der Waals surface area contributed by atoms with Crippen molar-refractivity contribution in [1.29, 1.82) is 0 Å². The smallest absolute Gasteiger partial charge is 0.331 e. The van der Waals surface area contributed by atoms with Crippen molar-refractivity contribution in [3.8, 4) is 0 Å². The lowest BCUT2D eigenvalue weighted by Crippen LogP contribution is -2.30. The quantitative estimate of drug-likeness (QED) is 0.0221. The van der Waals surface area contributed by atoms with Crippen LogP contribution in [-0.4, -0.2) is 37.2 Å². The Balaban J connectivity index is 4.57. The van der Waals surface area contributed by atoms with E-state index in [1.54, 1.807) is 12.2 Å². The summed E-state index contributed by atoms with van der Waals surface area (Å²) in [7, 11) is 0. The summed E-state index contributed by atoms with van der Waals surface area (Å²) in [6.45, 7) is 6.36. The zero-order chi connectivity index (χ0) is 35.9. The first kappa shape index (κ1) is 46.1. The zero-order valence-corrected chi connectivity index (χ0v) is 31.7. The molecule has 0 aromatic heterocycles. The van der Waals surface area contributed by atoms with Gasteiger partial charge >= 0.3 is 17.9 Å². The van der Waals surface area contributed by atoms with E-state index in [9.17, 15) is 14.4 Å². The van der Waals surface area contributed by atoms with Crippen LogP contribution in [-0.2, 0) is 28.6 Å². The van der Waals surface area contributed by atoms with Crippen LogP contribution in [0.15, 0.2) is 60.8 Å². The highest BCUT2D eigenvalue weighted by molar-refractivity contribution is 5.82.